The van der Waals surface area contributed by atoms with Crippen molar-refractivity contribution >= 4 is 0 Å². The number of nitrogens with zero attached hydrogens (tertiary/aromatic N) is 3. The molecule has 0 aromatic heterocycles. The highest BCUT2D eigenvalue weighted by molar-refractivity contribution is 4.90. The molecule has 1 saturated heterocycles. The van der Waals surface area contributed by atoms with Gasteiger partial charge < -0.3 is 4.74 Å². The van der Waals surface area contributed by atoms with E-state index in [0.29, 0.717) is 12.0 Å². The molecule has 14 heavy (non-hydrogen) atoms. The fraction of sp³-hybridized carbons (Fsp3) is 1.00. The lowest BCUT2D eigenvalue weighted by atomic mass is 9.73. The topological polar surface area (TPSA) is 58.0 Å². The molecular formula is C10H17N3O. The summed E-state index contributed by atoms with van der Waals surface area (Å²) in [5.74, 6) is 0. The van der Waals surface area contributed by atoms with Gasteiger partial charge in [-0.3, -0.25) is 0 Å². The molecule has 0 aromatic rings. The van der Waals surface area contributed by atoms with Crippen LogP contribution in [-0.4, -0.2) is 19.3 Å². The van der Waals surface area contributed by atoms with Crippen LogP contribution < -0.4 is 0 Å². The number of ether oxygens (including phenoxy) is 1. The molecule has 0 aromatic carbocycles. The number of hydrogen-bond acceptors (Lipinski definition) is 2. The van der Waals surface area contributed by atoms with Crippen LogP contribution in [0.1, 0.15) is 38.5 Å². The molecule has 1 spiro atoms. The normalized spacial score (nSPS) is 30.1. The van der Waals surface area contributed by atoms with Crippen molar-refractivity contribution < 1.29 is 4.74 Å². The van der Waals surface area contributed by atoms with Gasteiger partial charge in [0.25, 0.3) is 0 Å². The first-order chi connectivity index (χ1) is 6.85. The predicted molar refractivity (Wildman–Crippen MR) is 53.9 cm³/mol. The third-order valence-corrected chi connectivity index (χ3v) is 3.55. The highest BCUT2D eigenvalue weighted by Crippen LogP contribution is 2.44. The van der Waals surface area contributed by atoms with Crippen LogP contribution in [0.15, 0.2) is 5.11 Å². The van der Waals surface area contributed by atoms with Gasteiger partial charge in [0, 0.05) is 4.91 Å². The Morgan fingerprint density at radius 1 is 1.36 bits per heavy atom. The largest absolute Gasteiger partial charge is 0.377 e. The Morgan fingerprint density at radius 2 is 2.14 bits per heavy atom. The number of azide groups is 1. The molecule has 1 atom stereocenters. The van der Waals surface area contributed by atoms with Crippen molar-refractivity contribution in [3.63, 3.8) is 0 Å². The Labute approximate surface area is 84.3 Å². The highest BCUT2D eigenvalue weighted by atomic mass is 16.5. The summed E-state index contributed by atoms with van der Waals surface area (Å²) in [6, 6.07) is 0. The second-order valence-corrected chi connectivity index (χ2v) is 4.61. The monoisotopic (exact) mass is 195 g/mol. The van der Waals surface area contributed by atoms with Gasteiger partial charge in [-0.25, -0.2) is 0 Å². The third kappa shape index (κ3) is 2.02. The van der Waals surface area contributed by atoms with Crippen molar-refractivity contribution in [1.29, 1.82) is 0 Å². The van der Waals surface area contributed by atoms with Gasteiger partial charge >= 0.3 is 0 Å². The Bertz CT molecular complexity index is 242. The Kier molecular flexibility index (Phi) is 2.94. The molecule has 78 valence electrons. The fourth-order valence-corrected chi connectivity index (χ4v) is 2.79. The first-order valence-corrected chi connectivity index (χ1v) is 5.47. The number of hydrogen-bond donors (Lipinski definition) is 0. The number of rotatable bonds is 2. The van der Waals surface area contributed by atoms with Crippen LogP contribution in [0.5, 0.6) is 0 Å². The minimum Gasteiger partial charge on any atom is -0.377 e. The van der Waals surface area contributed by atoms with Gasteiger partial charge in [-0.15, -0.1) is 0 Å². The van der Waals surface area contributed by atoms with Gasteiger partial charge in [-0.2, -0.15) is 0 Å². The molecule has 1 aliphatic heterocycles. The Hall–Kier alpha value is -0.730. The summed E-state index contributed by atoms with van der Waals surface area (Å²) in [7, 11) is 0. The van der Waals surface area contributed by atoms with Crippen LogP contribution in [0, 0.1) is 5.41 Å². The Balaban J connectivity index is 1.88. The fourth-order valence-electron chi connectivity index (χ4n) is 2.79. The summed E-state index contributed by atoms with van der Waals surface area (Å²) in [6.07, 6.45) is 7.97. The summed E-state index contributed by atoms with van der Waals surface area (Å²) in [6.45, 7) is 1.40. The summed E-state index contributed by atoms with van der Waals surface area (Å²) in [5.41, 5.74) is 8.67. The predicted octanol–water partition coefficient (Wildman–Crippen LogP) is 3.04. The van der Waals surface area contributed by atoms with Gasteiger partial charge in [-0.1, -0.05) is 24.4 Å². The quantitative estimate of drug-likeness (QED) is 0.379. The van der Waals surface area contributed by atoms with E-state index in [1.54, 1.807) is 0 Å². The molecule has 0 unspecified atom stereocenters. The molecule has 2 aliphatic rings. The van der Waals surface area contributed by atoms with E-state index < -0.39 is 0 Å². The first kappa shape index (κ1) is 9.81. The van der Waals surface area contributed by atoms with E-state index in [4.69, 9.17) is 10.3 Å². The minimum absolute atomic E-state index is 0.184. The van der Waals surface area contributed by atoms with E-state index in [1.807, 2.05) is 0 Å². The highest BCUT2D eigenvalue weighted by Gasteiger charge is 2.40. The molecule has 0 radical (unpaired) electrons. The maximum absolute atomic E-state index is 8.23. The molecule has 4 nitrogen and oxygen atoms in total. The zero-order valence-electron chi connectivity index (χ0n) is 8.48. The van der Waals surface area contributed by atoms with Crippen molar-refractivity contribution in [1.82, 2.24) is 0 Å². The van der Waals surface area contributed by atoms with Crippen LogP contribution in [0.3, 0.4) is 0 Å². The molecule has 0 amide bonds. The van der Waals surface area contributed by atoms with E-state index in [1.165, 1.54) is 32.1 Å². The lowest BCUT2D eigenvalue weighted by Gasteiger charge is -2.31. The van der Waals surface area contributed by atoms with Gasteiger partial charge in [-0.05, 0) is 30.2 Å². The first-order valence-electron chi connectivity index (χ1n) is 5.47. The molecule has 2 fully saturated rings. The van der Waals surface area contributed by atoms with Crippen molar-refractivity contribution in [3.8, 4) is 0 Å². The molecule has 1 heterocycles. The molecule has 0 bridgehead atoms. The lowest BCUT2D eigenvalue weighted by Crippen LogP contribution is -2.24. The van der Waals surface area contributed by atoms with Crippen LogP contribution in [0.2, 0.25) is 0 Å². The molecule has 0 N–H and O–H groups in total. The van der Waals surface area contributed by atoms with Crippen LogP contribution in [0.25, 0.3) is 10.4 Å². The second kappa shape index (κ2) is 4.20. The van der Waals surface area contributed by atoms with E-state index in [0.717, 1.165) is 13.0 Å². The van der Waals surface area contributed by atoms with Crippen LogP contribution in [-0.2, 0) is 4.74 Å². The molecule has 1 aliphatic carbocycles. The van der Waals surface area contributed by atoms with Gasteiger partial charge in [0.2, 0.25) is 0 Å². The van der Waals surface area contributed by atoms with E-state index in [9.17, 15) is 0 Å². The third-order valence-electron chi connectivity index (χ3n) is 3.55. The van der Waals surface area contributed by atoms with E-state index >= 15 is 0 Å². The van der Waals surface area contributed by atoms with Crippen LogP contribution in [0.4, 0.5) is 0 Å². The minimum atomic E-state index is 0.184. The molecule has 1 saturated carbocycles. The Morgan fingerprint density at radius 3 is 2.86 bits per heavy atom. The van der Waals surface area contributed by atoms with Gasteiger partial charge in [0.05, 0.1) is 19.3 Å². The van der Waals surface area contributed by atoms with Crippen molar-refractivity contribution in [3.05, 3.63) is 10.4 Å². The van der Waals surface area contributed by atoms with E-state index in [2.05, 4.69) is 10.0 Å². The summed E-state index contributed by atoms with van der Waals surface area (Å²) in [5, 5.41) is 3.59. The van der Waals surface area contributed by atoms with E-state index in [-0.39, 0.29) is 6.10 Å². The summed E-state index contributed by atoms with van der Waals surface area (Å²) < 4.78 is 5.68. The van der Waals surface area contributed by atoms with Gasteiger partial charge in [0.15, 0.2) is 0 Å². The standard InChI is InChI=1S/C10H17N3O/c11-13-12-7-9-6-10(8-14-9)4-2-1-3-5-10/h9H,1-8H2/t9-/m1/s1. The zero-order chi connectivity index (χ0) is 9.86. The summed E-state index contributed by atoms with van der Waals surface area (Å²) >= 11 is 0. The van der Waals surface area contributed by atoms with Crippen molar-refractivity contribution in [2.24, 2.45) is 10.5 Å². The summed E-state index contributed by atoms with van der Waals surface area (Å²) in [4.78, 5) is 2.78. The lowest BCUT2D eigenvalue weighted by molar-refractivity contribution is 0.0882. The average Bonchev–Trinajstić information content (AvgIpc) is 2.60. The van der Waals surface area contributed by atoms with Crippen molar-refractivity contribution in [2.45, 2.75) is 44.6 Å². The second-order valence-electron chi connectivity index (χ2n) is 4.61. The molecule has 4 heteroatoms. The smallest absolute Gasteiger partial charge is 0.0637 e. The van der Waals surface area contributed by atoms with Crippen molar-refractivity contribution in [2.75, 3.05) is 13.2 Å². The maximum Gasteiger partial charge on any atom is 0.0637 e. The molecular weight excluding hydrogens is 178 g/mol. The molecule has 2 rings (SSSR count). The SMILES string of the molecule is [N-]=[N+]=NC[C@H]1CC2(CCCCC2)CO1. The average molecular weight is 195 g/mol. The van der Waals surface area contributed by atoms with Gasteiger partial charge in [0.1, 0.15) is 0 Å². The zero-order valence-corrected chi connectivity index (χ0v) is 8.48. The van der Waals surface area contributed by atoms with Crippen LogP contribution >= 0.6 is 0 Å². The maximum atomic E-state index is 8.23.